The monoisotopic (exact) mass is 623 g/mol. The molecule has 8 heteroatoms. The molecule has 0 aromatic carbocycles. The minimum atomic E-state index is -1.13. The van der Waals surface area contributed by atoms with Gasteiger partial charge >= 0.3 is 11.9 Å². The van der Waals surface area contributed by atoms with Crippen molar-refractivity contribution in [1.29, 1.82) is 0 Å². The molecule has 0 N–H and O–H groups in total. The van der Waals surface area contributed by atoms with Crippen LogP contribution >= 0.6 is 0 Å². The highest BCUT2D eigenvalue weighted by Gasteiger charge is 2.25. The summed E-state index contributed by atoms with van der Waals surface area (Å²) in [6.45, 7) is 4.51. The molecule has 0 amide bonds. The summed E-state index contributed by atoms with van der Waals surface area (Å²) >= 11 is 0. The van der Waals surface area contributed by atoms with Gasteiger partial charge in [-0.15, -0.1) is 0 Å². The summed E-state index contributed by atoms with van der Waals surface area (Å²) in [7, 11) is 5.37. The van der Waals surface area contributed by atoms with Gasteiger partial charge in [0.25, 0.3) is 0 Å². The Hall–Kier alpha value is -2.19. The zero-order valence-corrected chi connectivity index (χ0v) is 28.8. The average Bonchev–Trinajstić information content (AvgIpc) is 2.96. The van der Waals surface area contributed by atoms with Gasteiger partial charge in [0.2, 0.25) is 0 Å². The summed E-state index contributed by atoms with van der Waals surface area (Å²) in [5, 5.41) is 11.5. The fourth-order valence-electron chi connectivity index (χ4n) is 4.79. The number of quaternary nitrogens is 1. The Balaban J connectivity index is 4.52. The number of rotatable bonds is 30. The first-order chi connectivity index (χ1) is 21.1. The number of carboxylic acids is 1. The number of hydrogen-bond acceptors (Lipinski definition) is 7. The van der Waals surface area contributed by atoms with Crippen LogP contribution in [0.1, 0.15) is 136 Å². The van der Waals surface area contributed by atoms with Gasteiger partial charge in [0.05, 0.1) is 40.3 Å². The molecule has 0 saturated carbocycles. The zero-order valence-electron chi connectivity index (χ0n) is 28.8. The van der Waals surface area contributed by atoms with Crippen molar-refractivity contribution >= 4 is 17.9 Å². The molecule has 0 spiro atoms. The second kappa shape index (κ2) is 28.3. The topological polar surface area (TPSA) is 102 Å². The molecule has 0 aliphatic heterocycles. The van der Waals surface area contributed by atoms with Crippen LogP contribution in [-0.4, -0.2) is 75.5 Å². The maximum atomic E-state index is 12.6. The SMILES string of the molecule is CCCCC/C=C/CCCCCCCC(=O)OC(COCCC(C(=O)[O-])[N+](C)(C)C)COC(=O)CC/C=C/CCCCCC. The molecular weight excluding hydrogens is 558 g/mol. The molecule has 0 aromatic rings. The van der Waals surface area contributed by atoms with Crippen LogP contribution < -0.4 is 5.11 Å². The van der Waals surface area contributed by atoms with E-state index in [0.717, 1.165) is 44.9 Å². The fourth-order valence-corrected chi connectivity index (χ4v) is 4.79. The normalized spacial score (nSPS) is 13.4. The number of carbonyl (C=O) groups excluding carboxylic acids is 3. The largest absolute Gasteiger partial charge is 0.544 e. The quantitative estimate of drug-likeness (QED) is 0.0373. The van der Waals surface area contributed by atoms with Crippen LogP contribution in [0.25, 0.3) is 0 Å². The van der Waals surface area contributed by atoms with Gasteiger partial charge in [-0.2, -0.15) is 0 Å². The van der Waals surface area contributed by atoms with Crippen LogP contribution in [-0.2, 0) is 28.6 Å². The standard InChI is InChI=1S/C36H65NO7/c1-6-8-10-12-14-16-17-18-19-21-23-25-27-35(39)44-32(30-42-29-28-33(36(40)41)37(3,4)5)31-43-34(38)26-24-22-20-15-13-11-9-7-2/h14,16,20,22,32-33H,6-13,15,17-19,21,23-31H2,1-5H3/b16-14+,22-20+. The number of ether oxygens (including phenoxy) is 3. The Labute approximate surface area is 269 Å². The average molecular weight is 624 g/mol. The lowest BCUT2D eigenvalue weighted by Crippen LogP contribution is -2.55. The van der Waals surface area contributed by atoms with Crippen molar-refractivity contribution in [3.63, 3.8) is 0 Å². The maximum absolute atomic E-state index is 12.6. The van der Waals surface area contributed by atoms with Crippen LogP contribution in [0.4, 0.5) is 0 Å². The Morgan fingerprint density at radius 1 is 0.659 bits per heavy atom. The number of carboxylic acid groups (broad SMARTS) is 1. The van der Waals surface area contributed by atoms with Gasteiger partial charge in [-0.25, -0.2) is 0 Å². The number of carbonyl (C=O) groups is 3. The molecule has 0 saturated heterocycles. The first kappa shape index (κ1) is 41.8. The molecular formula is C36H65NO7. The van der Waals surface area contributed by atoms with Crippen LogP contribution in [0.15, 0.2) is 24.3 Å². The zero-order chi connectivity index (χ0) is 32.9. The van der Waals surface area contributed by atoms with Crippen LogP contribution in [0.3, 0.4) is 0 Å². The van der Waals surface area contributed by atoms with Gasteiger partial charge < -0.3 is 28.6 Å². The summed E-state index contributed by atoms with van der Waals surface area (Å²) in [5.41, 5.74) is 0. The Bertz CT molecular complexity index is 788. The molecule has 44 heavy (non-hydrogen) atoms. The first-order valence-corrected chi connectivity index (χ1v) is 17.4. The van der Waals surface area contributed by atoms with Crippen molar-refractivity contribution in [2.45, 2.75) is 148 Å². The van der Waals surface area contributed by atoms with Gasteiger partial charge in [-0.05, 0) is 51.4 Å². The number of hydrogen-bond donors (Lipinski definition) is 0. The predicted molar refractivity (Wildman–Crippen MR) is 176 cm³/mol. The van der Waals surface area contributed by atoms with Gasteiger partial charge in [0.15, 0.2) is 6.10 Å². The van der Waals surface area contributed by atoms with E-state index in [9.17, 15) is 19.5 Å². The van der Waals surface area contributed by atoms with Crippen molar-refractivity contribution in [2.24, 2.45) is 0 Å². The molecule has 0 aliphatic carbocycles. The van der Waals surface area contributed by atoms with Crippen molar-refractivity contribution in [1.82, 2.24) is 0 Å². The first-order valence-electron chi connectivity index (χ1n) is 17.4. The Morgan fingerprint density at radius 3 is 1.77 bits per heavy atom. The molecule has 2 atom stereocenters. The van der Waals surface area contributed by atoms with Gasteiger partial charge in [-0.1, -0.05) is 89.5 Å². The molecule has 8 nitrogen and oxygen atoms in total. The summed E-state index contributed by atoms with van der Waals surface area (Å²) in [5.74, 6) is -1.82. The lowest BCUT2D eigenvalue weighted by molar-refractivity contribution is -0.889. The second-order valence-corrected chi connectivity index (χ2v) is 12.7. The smallest absolute Gasteiger partial charge is 0.306 e. The summed E-state index contributed by atoms with van der Waals surface area (Å²) in [6.07, 6.45) is 26.5. The minimum absolute atomic E-state index is 0.0273. The minimum Gasteiger partial charge on any atom is -0.544 e. The second-order valence-electron chi connectivity index (χ2n) is 12.7. The number of aliphatic carboxylic acids is 1. The molecule has 0 rings (SSSR count). The van der Waals surface area contributed by atoms with Crippen LogP contribution in [0.2, 0.25) is 0 Å². The number of likely N-dealkylation sites (N-methyl/N-ethyl adjacent to an activating group) is 1. The highest BCUT2D eigenvalue weighted by molar-refractivity contribution is 5.70. The number of unbranched alkanes of at least 4 members (excludes halogenated alkanes) is 12. The van der Waals surface area contributed by atoms with E-state index in [2.05, 4.69) is 32.1 Å². The van der Waals surface area contributed by atoms with E-state index in [1.54, 1.807) is 21.1 Å². The molecule has 0 aromatic heterocycles. The van der Waals surface area contributed by atoms with Crippen molar-refractivity contribution < 1.29 is 38.2 Å². The summed E-state index contributed by atoms with van der Waals surface area (Å²) < 4.78 is 16.9. The molecule has 0 radical (unpaired) electrons. The Kier molecular flexibility index (Phi) is 26.9. The summed E-state index contributed by atoms with van der Waals surface area (Å²) in [4.78, 5) is 36.4. The van der Waals surface area contributed by atoms with Crippen molar-refractivity contribution in [3.8, 4) is 0 Å². The van der Waals surface area contributed by atoms with Gasteiger partial charge in [0, 0.05) is 19.3 Å². The lowest BCUT2D eigenvalue weighted by atomic mass is 10.1. The molecule has 0 aliphatic rings. The van der Waals surface area contributed by atoms with Gasteiger partial charge in [0.1, 0.15) is 12.6 Å². The molecule has 256 valence electrons. The van der Waals surface area contributed by atoms with Crippen LogP contribution in [0, 0.1) is 0 Å². The van der Waals surface area contributed by atoms with E-state index < -0.39 is 18.1 Å². The highest BCUT2D eigenvalue weighted by Crippen LogP contribution is 2.12. The van der Waals surface area contributed by atoms with Gasteiger partial charge in [-0.3, -0.25) is 9.59 Å². The van der Waals surface area contributed by atoms with E-state index in [0.29, 0.717) is 12.8 Å². The van der Waals surface area contributed by atoms with E-state index in [4.69, 9.17) is 14.2 Å². The highest BCUT2D eigenvalue weighted by atomic mass is 16.6. The predicted octanol–water partition coefficient (Wildman–Crippen LogP) is 6.85. The summed E-state index contributed by atoms with van der Waals surface area (Å²) in [6, 6.07) is -0.727. The molecule has 2 unspecified atom stereocenters. The Morgan fingerprint density at radius 2 is 1.18 bits per heavy atom. The van der Waals surface area contributed by atoms with Crippen molar-refractivity contribution in [2.75, 3.05) is 41.0 Å². The van der Waals surface area contributed by atoms with E-state index in [-0.39, 0.29) is 49.1 Å². The van der Waals surface area contributed by atoms with Crippen molar-refractivity contribution in [3.05, 3.63) is 24.3 Å². The number of allylic oxidation sites excluding steroid dienone is 4. The third kappa shape index (κ3) is 26.2. The maximum Gasteiger partial charge on any atom is 0.306 e. The van der Waals surface area contributed by atoms with Crippen LogP contribution in [0.5, 0.6) is 0 Å². The molecule has 0 bridgehead atoms. The third-order valence-corrected chi connectivity index (χ3v) is 7.57. The number of nitrogens with zero attached hydrogens (tertiary/aromatic N) is 1. The lowest BCUT2D eigenvalue weighted by Gasteiger charge is -2.34. The molecule has 0 heterocycles. The van der Waals surface area contributed by atoms with E-state index >= 15 is 0 Å². The molecule has 0 fully saturated rings. The fraction of sp³-hybridized carbons (Fsp3) is 0.806. The van der Waals surface area contributed by atoms with E-state index in [1.807, 2.05) is 6.08 Å². The van der Waals surface area contributed by atoms with E-state index in [1.165, 1.54) is 51.4 Å². The third-order valence-electron chi connectivity index (χ3n) is 7.57. The number of esters is 2.